The molecular formula is C14H28NO. The van der Waals surface area contributed by atoms with Crippen molar-refractivity contribution in [3.8, 4) is 0 Å². The Kier molecular flexibility index (Phi) is 8.32. The summed E-state index contributed by atoms with van der Waals surface area (Å²) in [6.45, 7) is 5.99. The van der Waals surface area contributed by atoms with Gasteiger partial charge < -0.3 is 0 Å². The van der Waals surface area contributed by atoms with Crippen molar-refractivity contribution in [3.63, 3.8) is 0 Å². The summed E-state index contributed by atoms with van der Waals surface area (Å²) in [5.74, 6) is -0.421. The Hall–Kier alpha value is -0.530. The van der Waals surface area contributed by atoms with Crippen LogP contribution in [0.2, 0.25) is 0 Å². The van der Waals surface area contributed by atoms with Gasteiger partial charge in [0.15, 0.2) is 0 Å². The van der Waals surface area contributed by atoms with Crippen LogP contribution in [-0.4, -0.2) is 5.91 Å². The number of hydrogen-bond donors (Lipinski definition) is 0. The first-order valence-electron chi connectivity index (χ1n) is 6.76. The molecule has 0 aliphatic rings. The fraction of sp³-hybridized carbons (Fsp3) is 0.929. The van der Waals surface area contributed by atoms with E-state index in [2.05, 4.69) is 6.92 Å². The fourth-order valence-corrected chi connectivity index (χ4v) is 1.81. The first-order valence-corrected chi connectivity index (χ1v) is 6.76. The Balaban J connectivity index is 3.30. The van der Waals surface area contributed by atoms with Crippen molar-refractivity contribution >= 4 is 5.91 Å². The van der Waals surface area contributed by atoms with Crippen LogP contribution in [0, 0.1) is 5.41 Å². The molecule has 1 radical (unpaired) electrons. The normalized spacial score (nSPS) is 11.7. The molecule has 0 heterocycles. The van der Waals surface area contributed by atoms with Gasteiger partial charge in [-0.1, -0.05) is 72.1 Å². The molecular weight excluding hydrogens is 198 g/mol. The maximum Gasteiger partial charge on any atom is 0.244 e. The van der Waals surface area contributed by atoms with Gasteiger partial charge in [-0.05, 0) is 6.42 Å². The van der Waals surface area contributed by atoms with Crippen LogP contribution in [0.3, 0.4) is 0 Å². The molecule has 0 rings (SSSR count). The topological polar surface area (TPSA) is 40.9 Å². The summed E-state index contributed by atoms with van der Waals surface area (Å²) in [4.78, 5) is 11.0. The van der Waals surface area contributed by atoms with Gasteiger partial charge >= 0.3 is 0 Å². The lowest BCUT2D eigenvalue weighted by Gasteiger charge is -2.19. The monoisotopic (exact) mass is 226 g/mol. The first-order chi connectivity index (χ1) is 7.50. The SMILES string of the molecule is CCCCCCCCCCC(C)(C)C([NH])=O. The molecule has 0 saturated carbocycles. The molecule has 1 amide bonds. The minimum atomic E-state index is -0.428. The number of carbonyl (C=O) groups is 1. The Morgan fingerprint density at radius 1 is 0.938 bits per heavy atom. The smallest absolute Gasteiger partial charge is 0.244 e. The van der Waals surface area contributed by atoms with E-state index < -0.39 is 11.3 Å². The van der Waals surface area contributed by atoms with Gasteiger partial charge in [0, 0.05) is 5.41 Å². The van der Waals surface area contributed by atoms with Gasteiger partial charge in [0.25, 0.3) is 0 Å². The molecule has 0 aromatic carbocycles. The average molecular weight is 226 g/mol. The van der Waals surface area contributed by atoms with Crippen LogP contribution >= 0.6 is 0 Å². The van der Waals surface area contributed by atoms with Gasteiger partial charge in [-0.2, -0.15) is 0 Å². The van der Waals surface area contributed by atoms with Gasteiger partial charge in [0.2, 0.25) is 5.91 Å². The molecule has 2 nitrogen and oxygen atoms in total. The van der Waals surface area contributed by atoms with E-state index in [0.717, 1.165) is 12.8 Å². The van der Waals surface area contributed by atoms with Crippen molar-refractivity contribution < 1.29 is 4.79 Å². The number of rotatable bonds is 10. The summed E-state index contributed by atoms with van der Waals surface area (Å²) in [6.07, 6.45) is 11.2. The molecule has 0 saturated heterocycles. The predicted octanol–water partition coefficient (Wildman–Crippen LogP) is 4.35. The lowest BCUT2D eigenvalue weighted by atomic mass is 9.86. The number of amides is 1. The molecule has 1 N–H and O–H groups in total. The summed E-state index contributed by atoms with van der Waals surface area (Å²) in [6, 6.07) is 0. The first kappa shape index (κ1) is 15.5. The Morgan fingerprint density at radius 2 is 1.38 bits per heavy atom. The van der Waals surface area contributed by atoms with Gasteiger partial charge in [-0.15, -0.1) is 0 Å². The minimum Gasteiger partial charge on any atom is -0.273 e. The number of carbonyl (C=O) groups excluding carboxylic acids is 1. The molecule has 0 unspecified atom stereocenters. The maximum atomic E-state index is 11.0. The lowest BCUT2D eigenvalue weighted by molar-refractivity contribution is -0.127. The van der Waals surface area contributed by atoms with Crippen molar-refractivity contribution in [3.05, 3.63) is 0 Å². The van der Waals surface area contributed by atoms with Crippen LogP contribution in [0.1, 0.15) is 78.6 Å². The third kappa shape index (κ3) is 7.72. The van der Waals surface area contributed by atoms with E-state index in [0.29, 0.717) is 0 Å². The Labute approximate surface area is 101 Å². The minimum absolute atomic E-state index is 0.421. The fourth-order valence-electron chi connectivity index (χ4n) is 1.81. The molecule has 95 valence electrons. The summed E-state index contributed by atoms with van der Waals surface area (Å²) in [5, 5.41) is 0. The Morgan fingerprint density at radius 3 is 1.81 bits per heavy atom. The number of nitrogens with one attached hydrogen (secondary N) is 1. The molecule has 0 bridgehead atoms. The maximum absolute atomic E-state index is 11.0. The third-order valence-corrected chi connectivity index (χ3v) is 3.27. The van der Waals surface area contributed by atoms with Crippen LogP contribution < -0.4 is 5.73 Å². The summed E-state index contributed by atoms with van der Waals surface area (Å²) < 4.78 is 0. The zero-order chi connectivity index (χ0) is 12.4. The molecule has 0 aliphatic heterocycles. The van der Waals surface area contributed by atoms with Gasteiger partial charge in [-0.25, -0.2) is 0 Å². The zero-order valence-corrected chi connectivity index (χ0v) is 11.3. The van der Waals surface area contributed by atoms with E-state index in [1.807, 2.05) is 13.8 Å². The van der Waals surface area contributed by atoms with Gasteiger partial charge in [0.1, 0.15) is 0 Å². The summed E-state index contributed by atoms with van der Waals surface area (Å²) in [5.41, 5.74) is 6.71. The van der Waals surface area contributed by atoms with Crippen LogP contribution in [0.25, 0.3) is 0 Å². The highest BCUT2D eigenvalue weighted by atomic mass is 16.1. The van der Waals surface area contributed by atoms with E-state index in [4.69, 9.17) is 5.73 Å². The van der Waals surface area contributed by atoms with Crippen molar-refractivity contribution in [1.82, 2.24) is 5.73 Å². The zero-order valence-electron chi connectivity index (χ0n) is 11.3. The Bertz CT molecular complexity index is 187. The molecule has 2 heteroatoms. The largest absolute Gasteiger partial charge is 0.273 e. The van der Waals surface area contributed by atoms with E-state index in [1.165, 1.54) is 44.9 Å². The standard InChI is InChI=1S/C14H28NO/c1-4-5-6-7-8-9-10-11-12-14(2,3)13(15)16/h15H,4-12H2,1-3H3. The molecule has 0 aromatic rings. The lowest BCUT2D eigenvalue weighted by Crippen LogP contribution is -2.24. The summed E-state index contributed by atoms with van der Waals surface area (Å²) in [7, 11) is 0. The molecule has 0 spiro atoms. The van der Waals surface area contributed by atoms with E-state index in [1.54, 1.807) is 0 Å². The molecule has 0 aliphatic carbocycles. The average Bonchev–Trinajstić information content (AvgIpc) is 2.21. The third-order valence-electron chi connectivity index (χ3n) is 3.27. The summed E-state index contributed by atoms with van der Waals surface area (Å²) >= 11 is 0. The van der Waals surface area contributed by atoms with E-state index >= 15 is 0 Å². The highest BCUT2D eigenvalue weighted by Gasteiger charge is 2.24. The second-order valence-electron chi connectivity index (χ2n) is 5.44. The van der Waals surface area contributed by atoms with E-state index in [9.17, 15) is 4.79 Å². The molecule has 0 aromatic heterocycles. The molecule has 0 fully saturated rings. The van der Waals surface area contributed by atoms with Crippen LogP contribution in [0.15, 0.2) is 0 Å². The predicted molar refractivity (Wildman–Crippen MR) is 69.1 cm³/mol. The van der Waals surface area contributed by atoms with Crippen molar-refractivity contribution in [2.24, 2.45) is 5.41 Å². The molecule has 16 heavy (non-hydrogen) atoms. The van der Waals surface area contributed by atoms with Crippen molar-refractivity contribution in [2.75, 3.05) is 0 Å². The highest BCUT2D eigenvalue weighted by molar-refractivity contribution is 5.79. The highest BCUT2D eigenvalue weighted by Crippen LogP contribution is 2.23. The second kappa shape index (κ2) is 8.60. The van der Waals surface area contributed by atoms with Crippen molar-refractivity contribution in [1.29, 1.82) is 0 Å². The van der Waals surface area contributed by atoms with Gasteiger partial charge in [-0.3, -0.25) is 10.5 Å². The molecule has 0 atom stereocenters. The van der Waals surface area contributed by atoms with Crippen LogP contribution in [-0.2, 0) is 4.79 Å². The van der Waals surface area contributed by atoms with Crippen LogP contribution in [0.4, 0.5) is 0 Å². The number of unbranched alkanes of at least 4 members (excludes halogenated alkanes) is 7. The van der Waals surface area contributed by atoms with Crippen molar-refractivity contribution in [2.45, 2.75) is 78.6 Å². The number of hydrogen-bond acceptors (Lipinski definition) is 1. The second-order valence-corrected chi connectivity index (χ2v) is 5.44. The quantitative estimate of drug-likeness (QED) is 0.510. The van der Waals surface area contributed by atoms with Crippen LogP contribution in [0.5, 0.6) is 0 Å². The van der Waals surface area contributed by atoms with Gasteiger partial charge in [0.05, 0.1) is 0 Å². The van der Waals surface area contributed by atoms with E-state index in [-0.39, 0.29) is 0 Å².